The van der Waals surface area contributed by atoms with Crippen LogP contribution < -0.4 is 11.1 Å². The number of carbonyl (C=O) groups is 1. The number of piperidine rings is 1. The van der Waals surface area contributed by atoms with Crippen molar-refractivity contribution in [2.45, 2.75) is 37.8 Å². The highest BCUT2D eigenvalue weighted by Crippen LogP contribution is 2.18. The summed E-state index contributed by atoms with van der Waals surface area (Å²) in [5, 5.41) is 3.12. The van der Waals surface area contributed by atoms with Crippen molar-refractivity contribution in [2.24, 2.45) is 11.7 Å². The molecule has 1 atom stereocenters. The van der Waals surface area contributed by atoms with Gasteiger partial charge in [-0.05, 0) is 31.6 Å². The van der Waals surface area contributed by atoms with E-state index in [4.69, 9.17) is 10.5 Å². The lowest BCUT2D eigenvalue weighted by molar-refractivity contribution is -0.125. The molecule has 0 bridgehead atoms. The van der Waals surface area contributed by atoms with Gasteiger partial charge in [-0.25, -0.2) is 0 Å². The van der Waals surface area contributed by atoms with E-state index in [1.54, 1.807) is 0 Å². The molecule has 0 radical (unpaired) electrons. The zero-order valence-corrected chi connectivity index (χ0v) is 14.7. The first-order chi connectivity index (χ1) is 9.70. The second-order valence-electron chi connectivity index (χ2n) is 5.85. The molecular weight excluding hydrogens is 325 g/mol. The van der Waals surface area contributed by atoms with Crippen LogP contribution in [0, 0.1) is 5.92 Å². The molecule has 0 aliphatic carbocycles. The molecule has 130 valence electrons. The van der Waals surface area contributed by atoms with Crippen molar-refractivity contribution in [3.05, 3.63) is 12.7 Å². The van der Waals surface area contributed by atoms with E-state index < -0.39 is 0 Å². The van der Waals surface area contributed by atoms with Crippen molar-refractivity contribution in [2.75, 3.05) is 32.8 Å². The molecule has 2 fully saturated rings. The number of amides is 1. The molecule has 0 aromatic carbocycles. The van der Waals surface area contributed by atoms with Crippen LogP contribution in [0.2, 0.25) is 0 Å². The Morgan fingerprint density at radius 3 is 2.41 bits per heavy atom. The average molecular weight is 354 g/mol. The van der Waals surface area contributed by atoms with Crippen molar-refractivity contribution in [1.29, 1.82) is 0 Å². The molecule has 2 heterocycles. The highest BCUT2D eigenvalue weighted by Gasteiger charge is 2.28. The number of nitrogens with one attached hydrogen (secondary N) is 1. The molecule has 2 rings (SSSR count). The van der Waals surface area contributed by atoms with Crippen LogP contribution in [0.4, 0.5) is 0 Å². The summed E-state index contributed by atoms with van der Waals surface area (Å²) in [4.78, 5) is 14.6. The summed E-state index contributed by atoms with van der Waals surface area (Å²) in [6.45, 7) is 8.18. The smallest absolute Gasteiger partial charge is 0.237 e. The summed E-state index contributed by atoms with van der Waals surface area (Å²) in [6.07, 6.45) is 5.72. The molecule has 0 aromatic heterocycles. The molecule has 3 N–H and O–H groups in total. The zero-order valence-electron chi connectivity index (χ0n) is 13.0. The van der Waals surface area contributed by atoms with Gasteiger partial charge in [-0.15, -0.1) is 31.4 Å². The van der Waals surface area contributed by atoms with Gasteiger partial charge < -0.3 is 15.8 Å². The van der Waals surface area contributed by atoms with Crippen LogP contribution in [0.5, 0.6) is 0 Å². The third-order valence-electron chi connectivity index (χ3n) is 4.40. The van der Waals surface area contributed by atoms with Gasteiger partial charge in [0.1, 0.15) is 0 Å². The SMILES string of the molecule is C=CCN1CCC(NC(=O)C(N)C2CCOCC2)CC1.Cl.Cl. The highest BCUT2D eigenvalue weighted by atomic mass is 35.5. The number of hydrogen-bond donors (Lipinski definition) is 2. The first-order valence-electron chi connectivity index (χ1n) is 7.67. The Morgan fingerprint density at radius 2 is 1.86 bits per heavy atom. The monoisotopic (exact) mass is 353 g/mol. The molecule has 22 heavy (non-hydrogen) atoms. The third-order valence-corrected chi connectivity index (χ3v) is 4.40. The topological polar surface area (TPSA) is 67.6 Å². The average Bonchev–Trinajstić information content (AvgIpc) is 2.49. The molecule has 1 unspecified atom stereocenters. The normalized spacial score (nSPS) is 22.0. The fraction of sp³-hybridized carbons (Fsp3) is 0.800. The van der Waals surface area contributed by atoms with E-state index >= 15 is 0 Å². The van der Waals surface area contributed by atoms with Crippen LogP contribution in [-0.4, -0.2) is 55.7 Å². The van der Waals surface area contributed by atoms with Crippen LogP contribution >= 0.6 is 24.8 Å². The summed E-state index contributed by atoms with van der Waals surface area (Å²) in [6, 6.07) is -0.112. The van der Waals surface area contributed by atoms with Crippen LogP contribution in [-0.2, 0) is 9.53 Å². The van der Waals surface area contributed by atoms with E-state index in [0.717, 1.165) is 58.5 Å². The van der Waals surface area contributed by atoms with Crippen LogP contribution in [0.3, 0.4) is 0 Å². The van der Waals surface area contributed by atoms with Crippen molar-refractivity contribution < 1.29 is 9.53 Å². The first kappa shape index (κ1) is 21.7. The molecule has 2 saturated heterocycles. The second kappa shape index (κ2) is 11.2. The molecular formula is C15H29Cl2N3O2. The van der Waals surface area contributed by atoms with E-state index in [9.17, 15) is 4.79 Å². The van der Waals surface area contributed by atoms with Gasteiger partial charge in [-0.2, -0.15) is 0 Å². The second-order valence-corrected chi connectivity index (χ2v) is 5.85. The summed E-state index contributed by atoms with van der Waals surface area (Å²) >= 11 is 0. The molecule has 0 aromatic rings. The summed E-state index contributed by atoms with van der Waals surface area (Å²) in [5.74, 6) is 0.281. The van der Waals surface area contributed by atoms with Crippen LogP contribution in [0.1, 0.15) is 25.7 Å². The van der Waals surface area contributed by atoms with Gasteiger partial charge in [0.25, 0.3) is 0 Å². The molecule has 7 heteroatoms. The Bertz CT molecular complexity index is 331. The van der Waals surface area contributed by atoms with Gasteiger partial charge >= 0.3 is 0 Å². The van der Waals surface area contributed by atoms with E-state index in [1.165, 1.54) is 0 Å². The van der Waals surface area contributed by atoms with Gasteiger partial charge in [-0.1, -0.05) is 6.08 Å². The van der Waals surface area contributed by atoms with Crippen molar-refractivity contribution >= 4 is 30.7 Å². The van der Waals surface area contributed by atoms with Gasteiger partial charge in [-0.3, -0.25) is 9.69 Å². The summed E-state index contributed by atoms with van der Waals surface area (Å²) < 4.78 is 5.31. The quantitative estimate of drug-likeness (QED) is 0.732. The minimum atomic E-state index is -0.384. The maximum absolute atomic E-state index is 12.2. The van der Waals surface area contributed by atoms with Crippen molar-refractivity contribution in [1.82, 2.24) is 10.2 Å². The Balaban J connectivity index is 0.00000220. The number of hydrogen-bond acceptors (Lipinski definition) is 4. The number of likely N-dealkylation sites (tertiary alicyclic amines) is 1. The Kier molecular flexibility index (Phi) is 11.1. The number of ether oxygens (including phenoxy) is 1. The minimum absolute atomic E-state index is 0. The maximum atomic E-state index is 12.2. The zero-order chi connectivity index (χ0) is 14.4. The molecule has 5 nitrogen and oxygen atoms in total. The van der Waals surface area contributed by atoms with E-state index in [1.807, 2.05) is 6.08 Å². The van der Waals surface area contributed by atoms with Gasteiger partial charge in [0, 0.05) is 38.9 Å². The van der Waals surface area contributed by atoms with Crippen molar-refractivity contribution in [3.63, 3.8) is 0 Å². The molecule has 0 spiro atoms. The number of carbonyl (C=O) groups excluding carboxylic acids is 1. The van der Waals surface area contributed by atoms with E-state index in [2.05, 4.69) is 16.8 Å². The molecule has 2 aliphatic heterocycles. The predicted octanol–water partition coefficient (Wildman–Crippen LogP) is 1.35. The Hall–Kier alpha value is -0.330. The fourth-order valence-electron chi connectivity index (χ4n) is 3.03. The number of nitrogens with zero attached hydrogens (tertiary/aromatic N) is 1. The van der Waals surface area contributed by atoms with Gasteiger partial charge in [0.2, 0.25) is 5.91 Å². The first-order valence-corrected chi connectivity index (χ1v) is 7.67. The third kappa shape index (κ3) is 6.42. The number of rotatable bonds is 5. The Labute approximate surface area is 145 Å². The van der Waals surface area contributed by atoms with Crippen LogP contribution in [0.25, 0.3) is 0 Å². The Morgan fingerprint density at radius 1 is 1.27 bits per heavy atom. The number of nitrogens with two attached hydrogens (primary N) is 1. The van der Waals surface area contributed by atoms with Crippen LogP contribution in [0.15, 0.2) is 12.7 Å². The predicted molar refractivity (Wildman–Crippen MR) is 93.8 cm³/mol. The lowest BCUT2D eigenvalue weighted by Gasteiger charge is -2.33. The van der Waals surface area contributed by atoms with Gasteiger partial charge in [0.05, 0.1) is 6.04 Å². The standard InChI is InChI=1S/C15H27N3O2.2ClH/c1-2-7-18-8-3-13(4-9-18)17-15(19)14(16)12-5-10-20-11-6-12;;/h2,12-14H,1,3-11,16H2,(H,17,19);2*1H. The van der Waals surface area contributed by atoms with Gasteiger partial charge in [0.15, 0.2) is 0 Å². The lowest BCUT2D eigenvalue weighted by atomic mass is 9.91. The molecule has 1 amide bonds. The fourth-order valence-corrected chi connectivity index (χ4v) is 3.03. The highest BCUT2D eigenvalue weighted by molar-refractivity contribution is 5.85. The van der Waals surface area contributed by atoms with E-state index in [-0.39, 0.29) is 48.7 Å². The maximum Gasteiger partial charge on any atom is 0.237 e. The van der Waals surface area contributed by atoms with Crippen molar-refractivity contribution in [3.8, 4) is 0 Å². The lowest BCUT2D eigenvalue weighted by Crippen LogP contribution is -2.52. The summed E-state index contributed by atoms with van der Waals surface area (Å²) in [5.41, 5.74) is 6.09. The summed E-state index contributed by atoms with van der Waals surface area (Å²) in [7, 11) is 0. The largest absolute Gasteiger partial charge is 0.381 e. The number of halogens is 2. The molecule has 0 saturated carbocycles. The molecule has 2 aliphatic rings. The van der Waals surface area contributed by atoms with E-state index in [0.29, 0.717) is 0 Å². The minimum Gasteiger partial charge on any atom is -0.381 e.